The van der Waals surface area contributed by atoms with E-state index in [0.29, 0.717) is 19.7 Å². The number of nitrogens with one attached hydrogen (secondary N) is 2. The summed E-state index contributed by atoms with van der Waals surface area (Å²) < 4.78 is 10.8. The molecule has 0 aliphatic carbocycles. The Labute approximate surface area is 179 Å². The Morgan fingerprint density at radius 1 is 1.04 bits per heavy atom. The highest BCUT2D eigenvalue weighted by Gasteiger charge is 2.13. The minimum atomic E-state index is 0. The van der Waals surface area contributed by atoms with E-state index in [1.165, 1.54) is 11.1 Å². The molecular formula is C20H31IN4O2. The highest BCUT2D eigenvalue weighted by atomic mass is 127. The molecule has 0 radical (unpaired) electrons. The van der Waals surface area contributed by atoms with Crippen LogP contribution in [0.2, 0.25) is 0 Å². The third kappa shape index (κ3) is 7.14. The lowest BCUT2D eigenvalue weighted by atomic mass is 10.1. The van der Waals surface area contributed by atoms with Crippen molar-refractivity contribution in [3.8, 4) is 0 Å². The molecule has 2 N–H and O–H groups in total. The van der Waals surface area contributed by atoms with Crippen LogP contribution in [0.5, 0.6) is 0 Å². The lowest BCUT2D eigenvalue weighted by Gasteiger charge is -2.12. The van der Waals surface area contributed by atoms with E-state index in [1.54, 1.807) is 7.05 Å². The molecule has 0 atom stereocenters. The number of rotatable bonds is 9. The van der Waals surface area contributed by atoms with Crippen LogP contribution in [0.25, 0.3) is 0 Å². The van der Waals surface area contributed by atoms with E-state index < -0.39 is 0 Å². The zero-order chi connectivity index (χ0) is 18.8. The third-order valence-corrected chi connectivity index (χ3v) is 4.22. The molecule has 0 unspecified atom stereocenters. The molecule has 27 heavy (non-hydrogen) atoms. The molecule has 0 saturated heterocycles. The van der Waals surface area contributed by atoms with Gasteiger partial charge in [0.1, 0.15) is 5.76 Å². The van der Waals surface area contributed by atoms with Crippen LogP contribution in [0.4, 0.5) is 0 Å². The number of aryl methyl sites for hydroxylation is 2. The van der Waals surface area contributed by atoms with Gasteiger partial charge in [-0.2, -0.15) is 0 Å². The van der Waals surface area contributed by atoms with Crippen molar-refractivity contribution in [3.63, 3.8) is 0 Å². The molecule has 0 spiro atoms. The minimum absolute atomic E-state index is 0. The van der Waals surface area contributed by atoms with Crippen LogP contribution in [0.1, 0.15) is 48.9 Å². The van der Waals surface area contributed by atoms with Crippen molar-refractivity contribution in [3.05, 3.63) is 52.4 Å². The number of aromatic nitrogens is 1. The first-order chi connectivity index (χ1) is 12.7. The monoisotopic (exact) mass is 486 g/mol. The van der Waals surface area contributed by atoms with Gasteiger partial charge < -0.3 is 19.9 Å². The standard InChI is InChI=1S/C20H30N4O2.HI/c1-5-18-17(19(6-2)26-24-18)13-23-20(21-4)22-12-15-8-10-16(11-9-15)14-25-7-3;/h8-11H,5-7,12-14H2,1-4H3,(H2,21,22,23);1H. The van der Waals surface area contributed by atoms with Gasteiger partial charge in [-0.1, -0.05) is 43.3 Å². The van der Waals surface area contributed by atoms with Crippen molar-refractivity contribution in [2.24, 2.45) is 4.99 Å². The van der Waals surface area contributed by atoms with Crippen LogP contribution in [-0.2, 0) is 37.3 Å². The second kappa shape index (κ2) is 12.7. The molecule has 0 saturated carbocycles. The molecule has 0 amide bonds. The van der Waals surface area contributed by atoms with Gasteiger partial charge in [0.25, 0.3) is 0 Å². The number of benzene rings is 1. The zero-order valence-corrected chi connectivity index (χ0v) is 19.0. The van der Waals surface area contributed by atoms with E-state index in [2.05, 4.69) is 58.9 Å². The zero-order valence-electron chi connectivity index (χ0n) is 16.7. The van der Waals surface area contributed by atoms with Gasteiger partial charge in [-0.3, -0.25) is 4.99 Å². The molecule has 1 aromatic heterocycles. The number of guanidine groups is 1. The Morgan fingerprint density at radius 3 is 2.30 bits per heavy atom. The number of nitrogens with zero attached hydrogens (tertiary/aromatic N) is 2. The van der Waals surface area contributed by atoms with Gasteiger partial charge in [-0.05, 0) is 24.5 Å². The molecule has 1 heterocycles. The van der Waals surface area contributed by atoms with Crippen LogP contribution in [0.3, 0.4) is 0 Å². The van der Waals surface area contributed by atoms with Crippen LogP contribution >= 0.6 is 24.0 Å². The van der Waals surface area contributed by atoms with Crippen molar-refractivity contribution < 1.29 is 9.26 Å². The molecule has 0 bridgehead atoms. The Hall–Kier alpha value is -1.61. The first kappa shape index (κ1) is 23.4. The Bertz CT molecular complexity index is 677. The van der Waals surface area contributed by atoms with E-state index in [-0.39, 0.29) is 24.0 Å². The summed E-state index contributed by atoms with van der Waals surface area (Å²) in [5.74, 6) is 1.70. The van der Waals surface area contributed by atoms with E-state index >= 15 is 0 Å². The third-order valence-electron chi connectivity index (χ3n) is 4.22. The average molecular weight is 486 g/mol. The molecule has 0 fully saturated rings. The largest absolute Gasteiger partial charge is 0.377 e. The van der Waals surface area contributed by atoms with Gasteiger partial charge in [0.2, 0.25) is 0 Å². The van der Waals surface area contributed by atoms with Gasteiger partial charge in [-0.25, -0.2) is 0 Å². The summed E-state index contributed by atoms with van der Waals surface area (Å²) in [5, 5.41) is 10.8. The molecule has 6 nitrogen and oxygen atoms in total. The Morgan fingerprint density at radius 2 is 1.70 bits per heavy atom. The normalized spacial score (nSPS) is 11.2. The van der Waals surface area contributed by atoms with Crippen molar-refractivity contribution in [2.45, 2.75) is 53.3 Å². The maximum absolute atomic E-state index is 5.42. The van der Waals surface area contributed by atoms with Crippen molar-refractivity contribution >= 4 is 29.9 Å². The number of halogens is 1. The number of ether oxygens (including phenoxy) is 1. The maximum atomic E-state index is 5.42. The van der Waals surface area contributed by atoms with Gasteiger partial charge in [0.05, 0.1) is 12.3 Å². The highest BCUT2D eigenvalue weighted by Crippen LogP contribution is 2.15. The Kier molecular flexibility index (Phi) is 11.0. The maximum Gasteiger partial charge on any atom is 0.191 e. The van der Waals surface area contributed by atoms with Gasteiger partial charge in [-0.15, -0.1) is 24.0 Å². The first-order valence-electron chi connectivity index (χ1n) is 9.28. The minimum Gasteiger partial charge on any atom is -0.377 e. The molecular weight excluding hydrogens is 455 g/mol. The van der Waals surface area contributed by atoms with E-state index in [4.69, 9.17) is 9.26 Å². The fraction of sp³-hybridized carbons (Fsp3) is 0.500. The second-order valence-corrected chi connectivity index (χ2v) is 5.97. The number of hydrogen-bond donors (Lipinski definition) is 2. The van der Waals surface area contributed by atoms with E-state index in [9.17, 15) is 0 Å². The summed E-state index contributed by atoms with van der Waals surface area (Å²) in [4.78, 5) is 4.30. The second-order valence-electron chi connectivity index (χ2n) is 5.97. The van der Waals surface area contributed by atoms with Crippen LogP contribution in [-0.4, -0.2) is 24.8 Å². The smallest absolute Gasteiger partial charge is 0.191 e. The van der Waals surface area contributed by atoms with Crippen LogP contribution in [0.15, 0.2) is 33.8 Å². The molecule has 7 heteroatoms. The van der Waals surface area contributed by atoms with E-state index in [1.807, 2.05) is 6.92 Å². The fourth-order valence-electron chi connectivity index (χ4n) is 2.69. The summed E-state index contributed by atoms with van der Waals surface area (Å²) >= 11 is 0. The summed E-state index contributed by atoms with van der Waals surface area (Å²) in [6.45, 7) is 8.92. The molecule has 2 rings (SSSR count). The highest BCUT2D eigenvalue weighted by molar-refractivity contribution is 14.0. The lowest BCUT2D eigenvalue weighted by Crippen LogP contribution is -2.36. The topological polar surface area (TPSA) is 71.7 Å². The van der Waals surface area contributed by atoms with Gasteiger partial charge in [0, 0.05) is 38.7 Å². The lowest BCUT2D eigenvalue weighted by molar-refractivity contribution is 0.134. The van der Waals surface area contributed by atoms with Crippen molar-refractivity contribution in [1.82, 2.24) is 15.8 Å². The average Bonchev–Trinajstić information content (AvgIpc) is 3.09. The Balaban J connectivity index is 0.00000364. The molecule has 1 aromatic carbocycles. The summed E-state index contributed by atoms with van der Waals surface area (Å²) in [5.41, 5.74) is 4.53. The number of hydrogen-bond acceptors (Lipinski definition) is 4. The summed E-state index contributed by atoms with van der Waals surface area (Å²) in [6.07, 6.45) is 1.70. The number of aliphatic imine (C=N–C) groups is 1. The predicted octanol–water partition coefficient (Wildman–Crippen LogP) is 3.82. The van der Waals surface area contributed by atoms with Crippen LogP contribution < -0.4 is 10.6 Å². The van der Waals surface area contributed by atoms with Crippen molar-refractivity contribution in [2.75, 3.05) is 13.7 Å². The molecule has 2 aromatic rings. The fourth-order valence-corrected chi connectivity index (χ4v) is 2.69. The molecule has 0 aliphatic rings. The van der Waals surface area contributed by atoms with Gasteiger partial charge >= 0.3 is 0 Å². The van der Waals surface area contributed by atoms with E-state index in [0.717, 1.165) is 42.4 Å². The van der Waals surface area contributed by atoms with Crippen molar-refractivity contribution in [1.29, 1.82) is 0 Å². The predicted molar refractivity (Wildman–Crippen MR) is 119 cm³/mol. The quantitative estimate of drug-likeness (QED) is 0.321. The summed E-state index contributed by atoms with van der Waals surface area (Å²) in [7, 11) is 1.77. The molecule has 0 aliphatic heterocycles. The van der Waals surface area contributed by atoms with Crippen LogP contribution in [0, 0.1) is 0 Å². The SMILES string of the molecule is CCOCc1ccc(CNC(=NC)NCc2c(CC)noc2CC)cc1.I. The molecule has 150 valence electrons. The summed E-state index contributed by atoms with van der Waals surface area (Å²) in [6, 6.07) is 8.42. The van der Waals surface area contributed by atoms with Gasteiger partial charge in [0.15, 0.2) is 5.96 Å². The first-order valence-corrected chi connectivity index (χ1v) is 9.28.